The van der Waals surface area contributed by atoms with Crippen LogP contribution in [-0.4, -0.2) is 55.2 Å². The van der Waals surface area contributed by atoms with Crippen molar-refractivity contribution in [2.75, 3.05) is 13.2 Å². The third-order valence-corrected chi connectivity index (χ3v) is 5.27. The molecule has 1 aliphatic rings. The summed E-state index contributed by atoms with van der Waals surface area (Å²) in [4.78, 5) is 35.4. The molecule has 1 aliphatic heterocycles. The van der Waals surface area contributed by atoms with Crippen LogP contribution < -0.4 is 0 Å². The Morgan fingerprint density at radius 2 is 1.34 bits per heavy atom. The van der Waals surface area contributed by atoms with Gasteiger partial charge in [0.25, 0.3) is 0 Å². The first kappa shape index (κ1) is 26.3. The number of benzene rings is 2. The molecular formula is C26H30O9. The molecule has 9 nitrogen and oxygen atoms in total. The lowest BCUT2D eigenvalue weighted by Crippen LogP contribution is -2.53. The van der Waals surface area contributed by atoms with Gasteiger partial charge in [0.15, 0.2) is 11.7 Å². The zero-order valence-electron chi connectivity index (χ0n) is 20.0. The van der Waals surface area contributed by atoms with E-state index in [1.54, 1.807) is 0 Å². The minimum atomic E-state index is -1.42. The monoisotopic (exact) mass is 486 g/mol. The van der Waals surface area contributed by atoms with Crippen molar-refractivity contribution in [2.45, 2.75) is 58.1 Å². The van der Waals surface area contributed by atoms with Crippen molar-refractivity contribution in [3.63, 3.8) is 0 Å². The van der Waals surface area contributed by atoms with Crippen molar-refractivity contribution in [3.8, 4) is 0 Å². The van der Waals surface area contributed by atoms with Crippen LogP contribution in [0.3, 0.4) is 0 Å². The first-order valence-electron chi connectivity index (χ1n) is 11.2. The molecule has 4 unspecified atom stereocenters. The molecule has 0 radical (unpaired) electrons. The molecule has 0 aromatic heterocycles. The number of rotatable bonds is 11. The summed E-state index contributed by atoms with van der Waals surface area (Å²) < 4.78 is 34.4. The van der Waals surface area contributed by atoms with Crippen LogP contribution in [0.25, 0.3) is 0 Å². The summed E-state index contributed by atoms with van der Waals surface area (Å²) in [6.45, 7) is 3.73. The summed E-state index contributed by atoms with van der Waals surface area (Å²) >= 11 is 0. The molecule has 4 atom stereocenters. The van der Waals surface area contributed by atoms with E-state index < -0.39 is 42.0 Å². The fourth-order valence-corrected chi connectivity index (χ4v) is 3.79. The molecule has 2 aromatic rings. The maximum absolute atomic E-state index is 11.9. The van der Waals surface area contributed by atoms with Crippen molar-refractivity contribution < 1.29 is 42.8 Å². The number of hydrogen-bond donors (Lipinski definition) is 0. The highest BCUT2D eigenvalue weighted by atomic mass is 16.8. The van der Waals surface area contributed by atoms with Crippen molar-refractivity contribution >= 4 is 17.9 Å². The number of ether oxygens (including phenoxy) is 6. The van der Waals surface area contributed by atoms with Crippen LogP contribution in [0.1, 0.15) is 31.9 Å². The molecule has 0 saturated carbocycles. The van der Waals surface area contributed by atoms with E-state index in [2.05, 4.69) is 0 Å². The normalized spacial score (nSPS) is 23.5. The second kappa shape index (κ2) is 12.4. The Bertz CT molecular complexity index is 979. The molecule has 3 rings (SSSR count). The van der Waals surface area contributed by atoms with Gasteiger partial charge in [-0.05, 0) is 11.1 Å². The highest BCUT2D eigenvalue weighted by molar-refractivity contribution is 5.67. The molecule has 0 aliphatic carbocycles. The molecule has 1 fully saturated rings. The Morgan fingerprint density at radius 1 is 0.771 bits per heavy atom. The summed E-state index contributed by atoms with van der Waals surface area (Å²) in [6.07, 6.45) is -3.38. The lowest BCUT2D eigenvalue weighted by atomic mass is 9.96. The molecule has 1 heterocycles. The first-order chi connectivity index (χ1) is 16.8. The summed E-state index contributed by atoms with van der Waals surface area (Å²) in [5.74, 6) is -1.79. The fourth-order valence-electron chi connectivity index (χ4n) is 3.79. The molecule has 1 saturated heterocycles. The lowest BCUT2D eigenvalue weighted by Gasteiger charge is -2.33. The van der Waals surface area contributed by atoms with Crippen molar-refractivity contribution in [1.29, 1.82) is 0 Å². The van der Waals surface area contributed by atoms with Crippen LogP contribution >= 0.6 is 0 Å². The Hall–Kier alpha value is -3.27. The summed E-state index contributed by atoms with van der Waals surface area (Å²) in [5.41, 5.74) is 0.356. The molecular weight excluding hydrogens is 456 g/mol. The van der Waals surface area contributed by atoms with Gasteiger partial charge < -0.3 is 28.4 Å². The van der Waals surface area contributed by atoms with Crippen molar-refractivity contribution in [3.05, 3.63) is 71.8 Å². The highest BCUT2D eigenvalue weighted by Gasteiger charge is 2.60. The number of carbonyl (C=O) groups is 3. The minimum absolute atomic E-state index is 0.0931. The predicted molar refractivity (Wildman–Crippen MR) is 123 cm³/mol. The zero-order chi connectivity index (χ0) is 25.3. The summed E-state index contributed by atoms with van der Waals surface area (Å²) in [7, 11) is 0. The summed E-state index contributed by atoms with van der Waals surface area (Å²) in [6, 6.07) is 18.8. The Labute approximate surface area is 204 Å². The van der Waals surface area contributed by atoms with Crippen LogP contribution in [0.15, 0.2) is 60.7 Å². The van der Waals surface area contributed by atoms with Gasteiger partial charge in [0, 0.05) is 20.8 Å². The van der Waals surface area contributed by atoms with Crippen LogP contribution in [0.5, 0.6) is 0 Å². The van der Waals surface area contributed by atoms with Crippen molar-refractivity contribution in [2.24, 2.45) is 0 Å². The smallest absolute Gasteiger partial charge is 0.305 e. The van der Waals surface area contributed by atoms with E-state index in [0.717, 1.165) is 11.1 Å². The average molecular weight is 487 g/mol. The number of hydrogen-bond acceptors (Lipinski definition) is 9. The van der Waals surface area contributed by atoms with Crippen LogP contribution in [0.4, 0.5) is 0 Å². The number of carbonyl (C=O) groups excluding carboxylic acids is 3. The van der Waals surface area contributed by atoms with Gasteiger partial charge in [0.1, 0.15) is 12.7 Å². The second-order valence-electron chi connectivity index (χ2n) is 8.21. The average Bonchev–Trinajstić information content (AvgIpc) is 3.09. The molecule has 188 valence electrons. The van der Waals surface area contributed by atoms with Gasteiger partial charge in [-0.2, -0.15) is 0 Å². The molecule has 0 spiro atoms. The van der Waals surface area contributed by atoms with Gasteiger partial charge in [0.2, 0.25) is 6.29 Å². The van der Waals surface area contributed by atoms with Gasteiger partial charge in [-0.1, -0.05) is 60.7 Å². The fraction of sp³-hybridized carbons (Fsp3) is 0.423. The largest absolute Gasteiger partial charge is 0.463 e. The van der Waals surface area contributed by atoms with Gasteiger partial charge in [-0.25, -0.2) is 0 Å². The molecule has 0 bridgehead atoms. The van der Waals surface area contributed by atoms with Crippen LogP contribution in [-0.2, 0) is 56.0 Å². The third-order valence-electron chi connectivity index (χ3n) is 5.27. The van der Waals surface area contributed by atoms with E-state index in [9.17, 15) is 14.4 Å². The van der Waals surface area contributed by atoms with Crippen LogP contribution in [0.2, 0.25) is 0 Å². The van der Waals surface area contributed by atoms with E-state index >= 15 is 0 Å². The molecule has 0 amide bonds. The van der Waals surface area contributed by atoms with E-state index in [4.69, 9.17) is 28.4 Å². The maximum atomic E-state index is 11.9. The summed E-state index contributed by atoms with van der Waals surface area (Å²) in [5, 5.41) is 0. The van der Waals surface area contributed by atoms with Crippen LogP contribution in [0, 0.1) is 0 Å². The number of esters is 3. The lowest BCUT2D eigenvalue weighted by molar-refractivity contribution is -0.222. The van der Waals surface area contributed by atoms with Gasteiger partial charge in [0.05, 0.1) is 19.8 Å². The van der Waals surface area contributed by atoms with E-state index in [1.165, 1.54) is 20.8 Å². The van der Waals surface area contributed by atoms with Gasteiger partial charge >= 0.3 is 17.9 Å². The standard InChI is InChI=1S/C26H30O9/c1-18(27)32-17-26(16-30-14-21-10-6-4-7-11-21)24(31-15-22-12-8-5-9-13-22)23(33-19(2)28)25(35-26)34-20(3)29/h4-13,23-25H,14-17H2,1-3H3. The molecule has 2 aromatic carbocycles. The van der Waals surface area contributed by atoms with Gasteiger partial charge in [-0.3, -0.25) is 14.4 Å². The Kier molecular flexibility index (Phi) is 9.36. The Balaban J connectivity index is 1.91. The van der Waals surface area contributed by atoms with E-state index in [1.807, 2.05) is 60.7 Å². The minimum Gasteiger partial charge on any atom is -0.463 e. The van der Waals surface area contributed by atoms with Gasteiger partial charge in [-0.15, -0.1) is 0 Å². The first-order valence-corrected chi connectivity index (χ1v) is 11.2. The predicted octanol–water partition coefficient (Wildman–Crippen LogP) is 2.94. The molecule has 0 N–H and O–H groups in total. The second-order valence-corrected chi connectivity index (χ2v) is 8.21. The molecule has 35 heavy (non-hydrogen) atoms. The molecule has 9 heteroatoms. The van der Waals surface area contributed by atoms with E-state index in [0.29, 0.717) is 0 Å². The third kappa shape index (κ3) is 7.61. The topological polar surface area (TPSA) is 107 Å². The van der Waals surface area contributed by atoms with E-state index in [-0.39, 0.29) is 26.4 Å². The zero-order valence-corrected chi connectivity index (χ0v) is 20.0. The SMILES string of the molecule is CC(=O)OCC1(COCc2ccccc2)OC(OC(C)=O)C(OC(C)=O)C1OCc1ccccc1. The maximum Gasteiger partial charge on any atom is 0.305 e. The Morgan fingerprint density at radius 3 is 1.89 bits per heavy atom. The van der Waals surface area contributed by atoms with Crippen molar-refractivity contribution in [1.82, 2.24) is 0 Å². The highest BCUT2D eigenvalue weighted by Crippen LogP contribution is 2.38. The quantitative estimate of drug-likeness (QED) is 0.350.